The number of fused-ring (bicyclic) bond motifs is 1. The van der Waals surface area contributed by atoms with E-state index in [9.17, 15) is 13.2 Å². The highest BCUT2D eigenvalue weighted by atomic mass is 79.9. The van der Waals surface area contributed by atoms with Gasteiger partial charge in [0.2, 0.25) is 5.91 Å². The minimum atomic E-state index is -3.10. The molecule has 1 amide bonds. The fourth-order valence-electron chi connectivity index (χ4n) is 3.67. The van der Waals surface area contributed by atoms with Crippen LogP contribution in [0, 0.1) is 13.8 Å². The van der Waals surface area contributed by atoms with Crippen molar-refractivity contribution in [3.8, 4) is 0 Å². The Hall–Kier alpha value is -1.84. The van der Waals surface area contributed by atoms with E-state index in [4.69, 9.17) is 0 Å². The monoisotopic (exact) mass is 507 g/mol. The molecule has 30 heavy (non-hydrogen) atoms. The van der Waals surface area contributed by atoms with Crippen LogP contribution in [-0.4, -0.2) is 48.8 Å². The first-order valence-electron chi connectivity index (χ1n) is 9.55. The van der Waals surface area contributed by atoms with Crippen molar-refractivity contribution in [1.82, 2.24) is 0 Å². The second-order valence-corrected chi connectivity index (χ2v) is 11.6. The van der Waals surface area contributed by atoms with Crippen LogP contribution in [0.15, 0.2) is 51.9 Å². The molecule has 1 fully saturated rings. The summed E-state index contributed by atoms with van der Waals surface area (Å²) in [7, 11) is -3.10. The molecule has 0 spiro atoms. The number of nitrogens with one attached hydrogen (secondary N) is 1. The van der Waals surface area contributed by atoms with Gasteiger partial charge in [-0.3, -0.25) is 9.79 Å². The molecule has 9 heteroatoms. The number of amides is 1. The summed E-state index contributed by atoms with van der Waals surface area (Å²) in [5.74, 6) is 0.217. The Morgan fingerprint density at radius 1 is 1.17 bits per heavy atom. The number of carbonyl (C=O) groups is 1. The Balaban J connectivity index is 1.52. The van der Waals surface area contributed by atoms with E-state index in [1.807, 2.05) is 55.1 Å². The molecular formula is C21H22BrN3O3S2. The largest absolute Gasteiger partial charge is 0.325 e. The molecule has 2 aromatic carbocycles. The molecule has 6 nitrogen and oxygen atoms in total. The maximum Gasteiger partial charge on any atom is 0.234 e. The summed E-state index contributed by atoms with van der Waals surface area (Å²) >= 11 is 4.72. The van der Waals surface area contributed by atoms with Gasteiger partial charge in [-0.1, -0.05) is 33.8 Å². The van der Waals surface area contributed by atoms with Crippen molar-refractivity contribution < 1.29 is 13.2 Å². The number of amidine groups is 1. The third-order valence-electron chi connectivity index (χ3n) is 5.34. The first-order valence-corrected chi connectivity index (χ1v) is 13.1. The molecule has 158 valence electrons. The number of thioether (sulfide) groups is 1. The molecular weight excluding hydrogens is 486 g/mol. The normalized spacial score (nSPS) is 22.0. The predicted molar refractivity (Wildman–Crippen MR) is 127 cm³/mol. The molecule has 0 bridgehead atoms. The number of halogens is 1. The number of aliphatic imine (C=N–C) groups is 1. The molecule has 2 aliphatic heterocycles. The molecule has 4 rings (SSSR count). The molecule has 1 saturated heterocycles. The number of benzene rings is 2. The van der Waals surface area contributed by atoms with Crippen LogP contribution >= 0.6 is 27.7 Å². The van der Waals surface area contributed by atoms with Crippen molar-refractivity contribution in [3.63, 3.8) is 0 Å². The second kappa shape index (κ2) is 8.36. The average molecular weight is 508 g/mol. The number of rotatable bonds is 4. The minimum absolute atomic E-state index is 0.0637. The van der Waals surface area contributed by atoms with E-state index in [-0.39, 0.29) is 35.2 Å². The molecule has 2 aliphatic rings. The summed E-state index contributed by atoms with van der Waals surface area (Å²) in [4.78, 5) is 19.1. The summed E-state index contributed by atoms with van der Waals surface area (Å²) in [6.45, 7) is 4.08. The lowest BCUT2D eigenvalue weighted by Gasteiger charge is -2.27. The van der Waals surface area contributed by atoms with Gasteiger partial charge in [-0.05, 0) is 61.4 Å². The molecule has 1 N–H and O–H groups in total. The summed E-state index contributed by atoms with van der Waals surface area (Å²) in [5.41, 5.74) is 3.95. The zero-order valence-corrected chi connectivity index (χ0v) is 19.9. The van der Waals surface area contributed by atoms with Gasteiger partial charge in [0.15, 0.2) is 15.0 Å². The van der Waals surface area contributed by atoms with Gasteiger partial charge in [0.1, 0.15) is 0 Å². The highest BCUT2D eigenvalue weighted by Gasteiger charge is 2.47. The molecule has 0 radical (unpaired) electrons. The molecule has 2 heterocycles. The molecule has 0 aliphatic carbocycles. The Bertz CT molecular complexity index is 1120. The average Bonchev–Trinajstić information content (AvgIpc) is 3.15. The molecule has 0 unspecified atom stereocenters. The van der Waals surface area contributed by atoms with E-state index in [0.29, 0.717) is 5.17 Å². The highest BCUT2D eigenvalue weighted by Crippen LogP contribution is 2.35. The first-order chi connectivity index (χ1) is 14.2. The van der Waals surface area contributed by atoms with Crippen LogP contribution < -0.4 is 10.2 Å². The summed E-state index contributed by atoms with van der Waals surface area (Å²) in [5, 5.41) is 3.58. The lowest BCUT2D eigenvalue weighted by atomic mass is 10.1. The first kappa shape index (κ1) is 21.4. The lowest BCUT2D eigenvalue weighted by Crippen LogP contribution is -2.39. The Kier molecular flexibility index (Phi) is 5.96. The number of aryl methyl sites for hydroxylation is 2. The predicted octanol–water partition coefficient (Wildman–Crippen LogP) is 3.78. The molecule has 0 saturated carbocycles. The number of nitrogens with zero attached hydrogens (tertiary/aromatic N) is 2. The summed E-state index contributed by atoms with van der Waals surface area (Å²) in [6, 6.07) is 13.0. The molecule has 2 aromatic rings. The number of anilines is 2. The Morgan fingerprint density at radius 2 is 1.90 bits per heavy atom. The van der Waals surface area contributed by atoms with Crippen molar-refractivity contribution in [3.05, 3.63) is 58.1 Å². The van der Waals surface area contributed by atoms with Gasteiger partial charge >= 0.3 is 0 Å². The van der Waals surface area contributed by atoms with Crippen LogP contribution in [0.25, 0.3) is 0 Å². The van der Waals surface area contributed by atoms with Gasteiger partial charge in [-0.15, -0.1) is 0 Å². The van der Waals surface area contributed by atoms with Crippen molar-refractivity contribution in [2.75, 3.05) is 27.5 Å². The van der Waals surface area contributed by atoms with Crippen LogP contribution in [0.4, 0.5) is 11.4 Å². The third kappa shape index (κ3) is 4.58. The zero-order chi connectivity index (χ0) is 21.5. The van der Waals surface area contributed by atoms with Gasteiger partial charge in [0.25, 0.3) is 0 Å². The Morgan fingerprint density at radius 3 is 2.60 bits per heavy atom. The summed E-state index contributed by atoms with van der Waals surface area (Å²) in [6.07, 6.45) is 0. The Labute approximate surface area is 189 Å². The second-order valence-electron chi connectivity index (χ2n) is 7.61. The highest BCUT2D eigenvalue weighted by molar-refractivity contribution is 9.10. The number of hydrogen-bond donors (Lipinski definition) is 1. The van der Waals surface area contributed by atoms with Crippen LogP contribution in [0.5, 0.6) is 0 Å². The number of carbonyl (C=O) groups excluding carboxylic acids is 1. The third-order valence-corrected chi connectivity index (χ3v) is 8.53. The van der Waals surface area contributed by atoms with Gasteiger partial charge in [-0.2, -0.15) is 0 Å². The quantitative estimate of drug-likeness (QED) is 0.680. The maximum absolute atomic E-state index is 12.4. The van der Waals surface area contributed by atoms with Crippen LogP contribution in [0.2, 0.25) is 0 Å². The fourth-order valence-corrected chi connectivity index (χ4v) is 6.70. The SMILES string of the molecule is Cc1ccc(N2C(SCC(=O)Nc3ccc(Br)cc3)=N[C@@H]3CS(=O)(=O)C[C@@H]32)cc1C. The van der Waals surface area contributed by atoms with Crippen molar-refractivity contribution in [1.29, 1.82) is 0 Å². The van der Waals surface area contributed by atoms with Gasteiger partial charge in [-0.25, -0.2) is 8.42 Å². The van der Waals surface area contributed by atoms with Gasteiger partial charge in [0, 0.05) is 15.8 Å². The van der Waals surface area contributed by atoms with E-state index >= 15 is 0 Å². The van der Waals surface area contributed by atoms with Crippen LogP contribution in [0.3, 0.4) is 0 Å². The van der Waals surface area contributed by atoms with Crippen LogP contribution in [0.1, 0.15) is 11.1 Å². The van der Waals surface area contributed by atoms with E-state index in [1.54, 1.807) is 0 Å². The minimum Gasteiger partial charge on any atom is -0.325 e. The standard InChI is InChI=1S/C21H22BrN3O3S2/c1-13-3-8-17(9-14(13)2)25-19-12-30(27,28)11-18(19)24-21(25)29-10-20(26)23-16-6-4-15(22)5-7-16/h3-9,18-19H,10-12H2,1-2H3,(H,23,26)/t18-,19+/m1/s1. The maximum atomic E-state index is 12.4. The van der Waals surface area contributed by atoms with Gasteiger partial charge < -0.3 is 10.2 Å². The van der Waals surface area contributed by atoms with Crippen molar-refractivity contribution in [2.45, 2.75) is 25.9 Å². The fraction of sp³-hybridized carbons (Fsp3) is 0.333. The number of sulfone groups is 1. The van der Waals surface area contributed by atoms with Crippen molar-refractivity contribution >= 4 is 60.0 Å². The van der Waals surface area contributed by atoms with E-state index < -0.39 is 9.84 Å². The van der Waals surface area contributed by atoms with Crippen LogP contribution in [-0.2, 0) is 14.6 Å². The molecule has 0 aromatic heterocycles. The van der Waals surface area contributed by atoms with Gasteiger partial charge in [0.05, 0.1) is 29.3 Å². The van der Waals surface area contributed by atoms with E-state index in [0.717, 1.165) is 21.4 Å². The zero-order valence-electron chi connectivity index (χ0n) is 16.6. The molecule has 2 atom stereocenters. The topological polar surface area (TPSA) is 78.8 Å². The van der Waals surface area contributed by atoms with E-state index in [2.05, 4.69) is 32.3 Å². The smallest absolute Gasteiger partial charge is 0.234 e. The van der Waals surface area contributed by atoms with Crippen molar-refractivity contribution in [2.24, 2.45) is 4.99 Å². The van der Waals surface area contributed by atoms with E-state index in [1.165, 1.54) is 17.3 Å². The number of hydrogen-bond acceptors (Lipinski definition) is 6. The lowest BCUT2D eigenvalue weighted by molar-refractivity contribution is -0.113. The summed E-state index contributed by atoms with van der Waals surface area (Å²) < 4.78 is 25.3.